The van der Waals surface area contributed by atoms with E-state index in [9.17, 15) is 5.11 Å². The van der Waals surface area contributed by atoms with Crippen molar-refractivity contribution >= 4 is 17.2 Å². The SMILES string of the molecule is C=CC1=CC2CN3CCC4=C5[N+](=C(OC)[C@]5(C2)C13)c1ccc(O)cc14. The molecular weight excluding hydrogens is 312 g/mol. The summed E-state index contributed by atoms with van der Waals surface area (Å²) in [5, 5.41) is 10.0. The number of hydrogen-bond donors (Lipinski definition) is 1. The van der Waals surface area contributed by atoms with Crippen molar-refractivity contribution < 1.29 is 14.4 Å². The van der Waals surface area contributed by atoms with E-state index in [1.54, 1.807) is 13.2 Å². The Hall–Kier alpha value is -2.33. The summed E-state index contributed by atoms with van der Waals surface area (Å²) < 4.78 is 8.31. The average Bonchev–Trinajstić information content (AvgIpc) is 2.86. The van der Waals surface area contributed by atoms with Crippen molar-refractivity contribution in [3.63, 3.8) is 0 Å². The van der Waals surface area contributed by atoms with Gasteiger partial charge in [-0.05, 0) is 36.5 Å². The number of benzene rings is 1. The molecule has 1 spiro atoms. The first-order valence-electron chi connectivity index (χ1n) is 9.06. The third-order valence-electron chi connectivity index (χ3n) is 6.77. The van der Waals surface area contributed by atoms with Crippen molar-refractivity contribution in [1.82, 2.24) is 4.90 Å². The van der Waals surface area contributed by atoms with E-state index in [1.165, 1.54) is 22.4 Å². The van der Waals surface area contributed by atoms with Crippen molar-refractivity contribution in [2.45, 2.75) is 18.9 Å². The van der Waals surface area contributed by atoms with Crippen LogP contribution in [0, 0.1) is 11.3 Å². The van der Waals surface area contributed by atoms with Gasteiger partial charge in [0.2, 0.25) is 11.4 Å². The minimum absolute atomic E-state index is 0.0591. The normalized spacial score (nSPS) is 36.4. The zero-order valence-electron chi connectivity index (χ0n) is 14.3. The number of ether oxygens (including phenoxy) is 1. The standard InChI is InChI=1S/C21H20N2O2/c1-3-13-8-12-10-21-18(13)22(11-12)7-6-15-16-9-14(24)4-5-17(16)23(19(15)21)20(21)25-2/h3-5,8-9,12,18H,1,6-7,10-11H2,2H3/p+1/t12?,18?,21-/m1/s1. The molecule has 5 aliphatic heterocycles. The number of hydrogen-bond acceptors (Lipinski definition) is 3. The zero-order valence-corrected chi connectivity index (χ0v) is 14.3. The van der Waals surface area contributed by atoms with Gasteiger partial charge in [0.1, 0.15) is 5.75 Å². The lowest BCUT2D eigenvalue weighted by atomic mass is 9.58. The van der Waals surface area contributed by atoms with Gasteiger partial charge in [0.25, 0.3) is 0 Å². The average molecular weight is 333 g/mol. The van der Waals surface area contributed by atoms with Gasteiger partial charge in [-0.25, -0.2) is 0 Å². The minimum Gasteiger partial charge on any atom is -0.508 e. The van der Waals surface area contributed by atoms with Crippen LogP contribution in [0.15, 0.2) is 48.2 Å². The Labute approximate surface area is 147 Å². The topological polar surface area (TPSA) is 35.7 Å². The number of rotatable bonds is 1. The lowest BCUT2D eigenvalue weighted by Crippen LogP contribution is -2.67. The van der Waals surface area contributed by atoms with Crippen molar-refractivity contribution in [3.05, 3.63) is 53.8 Å². The number of nitrogens with zero attached hydrogens (tertiary/aromatic N) is 2. The molecule has 1 aliphatic carbocycles. The summed E-state index contributed by atoms with van der Waals surface area (Å²) in [4.78, 5) is 2.63. The van der Waals surface area contributed by atoms with Crippen LogP contribution in [-0.2, 0) is 4.74 Å². The predicted octanol–water partition coefficient (Wildman–Crippen LogP) is 3.03. The maximum atomic E-state index is 10.0. The van der Waals surface area contributed by atoms with Crippen LogP contribution >= 0.6 is 0 Å². The minimum atomic E-state index is -0.0591. The lowest BCUT2D eigenvalue weighted by molar-refractivity contribution is -0.452. The van der Waals surface area contributed by atoms with Crippen LogP contribution < -0.4 is 0 Å². The fraction of sp³-hybridized carbons (Fsp3) is 0.381. The van der Waals surface area contributed by atoms with Crippen LogP contribution in [0.2, 0.25) is 0 Å². The van der Waals surface area contributed by atoms with Gasteiger partial charge in [-0.15, -0.1) is 4.58 Å². The Kier molecular flexibility index (Phi) is 2.36. The highest BCUT2D eigenvalue weighted by molar-refractivity contribution is 5.98. The van der Waals surface area contributed by atoms with E-state index >= 15 is 0 Å². The van der Waals surface area contributed by atoms with Gasteiger partial charge in [0.15, 0.2) is 5.41 Å². The summed E-state index contributed by atoms with van der Waals surface area (Å²) in [7, 11) is 1.80. The van der Waals surface area contributed by atoms with Crippen LogP contribution in [0.4, 0.5) is 5.69 Å². The molecule has 0 aromatic heterocycles. The Balaban J connectivity index is 1.68. The number of phenols is 1. The van der Waals surface area contributed by atoms with Gasteiger partial charge < -0.3 is 9.84 Å². The summed E-state index contributed by atoms with van der Waals surface area (Å²) in [6, 6.07) is 6.05. The second kappa shape index (κ2) is 4.25. The molecule has 5 heterocycles. The quantitative estimate of drug-likeness (QED) is 0.803. The Morgan fingerprint density at radius 2 is 2.32 bits per heavy atom. The first-order valence-corrected chi connectivity index (χ1v) is 9.06. The molecule has 1 aromatic rings. The molecule has 4 nitrogen and oxygen atoms in total. The van der Waals surface area contributed by atoms with Gasteiger partial charge in [0, 0.05) is 24.7 Å². The molecule has 0 radical (unpaired) electrons. The molecule has 4 atom stereocenters. The molecule has 25 heavy (non-hydrogen) atoms. The van der Waals surface area contributed by atoms with Crippen LogP contribution in [-0.4, -0.2) is 46.7 Å². The van der Waals surface area contributed by atoms with Crippen LogP contribution in [0.25, 0.3) is 5.57 Å². The number of methoxy groups -OCH3 is 1. The molecule has 1 saturated heterocycles. The summed E-state index contributed by atoms with van der Waals surface area (Å²) in [5.74, 6) is 1.95. The van der Waals surface area contributed by atoms with E-state index in [0.29, 0.717) is 17.7 Å². The molecule has 1 fully saturated rings. The molecule has 1 aromatic carbocycles. The van der Waals surface area contributed by atoms with Crippen LogP contribution in [0.3, 0.4) is 0 Å². The van der Waals surface area contributed by atoms with Crippen molar-refractivity contribution in [3.8, 4) is 5.75 Å². The second-order valence-corrected chi connectivity index (χ2v) is 7.83. The fourth-order valence-electron chi connectivity index (χ4n) is 6.16. The van der Waals surface area contributed by atoms with Gasteiger partial charge >= 0.3 is 5.90 Å². The number of fused-ring (bicyclic) bond motifs is 3. The first-order chi connectivity index (χ1) is 12.2. The van der Waals surface area contributed by atoms with E-state index < -0.39 is 0 Å². The Morgan fingerprint density at radius 3 is 3.12 bits per heavy atom. The van der Waals surface area contributed by atoms with E-state index in [2.05, 4.69) is 22.1 Å². The van der Waals surface area contributed by atoms with Gasteiger partial charge in [-0.3, -0.25) is 4.90 Å². The maximum Gasteiger partial charge on any atom is 0.367 e. The molecule has 3 unspecified atom stereocenters. The molecule has 4 heteroatoms. The summed E-state index contributed by atoms with van der Waals surface area (Å²) >= 11 is 0. The smallest absolute Gasteiger partial charge is 0.367 e. The van der Waals surface area contributed by atoms with Crippen molar-refractivity contribution in [2.24, 2.45) is 11.3 Å². The van der Waals surface area contributed by atoms with Crippen molar-refractivity contribution in [2.75, 3.05) is 20.2 Å². The molecule has 126 valence electrons. The number of piperidine rings is 1. The third kappa shape index (κ3) is 1.35. The Morgan fingerprint density at radius 1 is 1.44 bits per heavy atom. The molecular formula is C21H21N2O2+. The highest BCUT2D eigenvalue weighted by atomic mass is 16.5. The second-order valence-electron chi connectivity index (χ2n) is 7.83. The zero-order chi connectivity index (χ0) is 16.9. The number of phenolic OH excluding ortho intramolecular Hbond substituents is 1. The largest absolute Gasteiger partial charge is 0.508 e. The lowest BCUT2D eigenvalue weighted by Gasteiger charge is -2.54. The fourth-order valence-corrected chi connectivity index (χ4v) is 6.16. The van der Waals surface area contributed by atoms with Crippen LogP contribution in [0.5, 0.6) is 5.75 Å². The Bertz CT molecular complexity index is 955. The van der Waals surface area contributed by atoms with E-state index in [1.807, 2.05) is 18.2 Å². The van der Waals surface area contributed by atoms with Crippen molar-refractivity contribution in [1.29, 1.82) is 0 Å². The molecule has 1 N–H and O–H groups in total. The molecule has 0 saturated carbocycles. The predicted molar refractivity (Wildman–Crippen MR) is 95.8 cm³/mol. The van der Waals surface area contributed by atoms with Gasteiger partial charge in [0.05, 0.1) is 18.7 Å². The van der Waals surface area contributed by atoms with Crippen LogP contribution in [0.1, 0.15) is 18.4 Å². The summed E-state index contributed by atoms with van der Waals surface area (Å²) in [6.45, 7) is 6.27. The molecule has 4 bridgehead atoms. The molecule has 6 aliphatic rings. The highest BCUT2D eigenvalue weighted by Crippen LogP contribution is 2.64. The molecule has 7 rings (SSSR count). The van der Waals surface area contributed by atoms with Gasteiger partial charge in [-0.1, -0.05) is 18.7 Å². The number of aromatic hydroxyl groups is 1. The maximum absolute atomic E-state index is 10.0. The first kappa shape index (κ1) is 13.9. The summed E-state index contributed by atoms with van der Waals surface area (Å²) in [5.41, 5.74) is 6.43. The third-order valence-corrected chi connectivity index (χ3v) is 6.77. The highest BCUT2D eigenvalue weighted by Gasteiger charge is 2.74. The van der Waals surface area contributed by atoms with E-state index in [0.717, 1.165) is 37.5 Å². The van der Waals surface area contributed by atoms with Gasteiger partial charge in [-0.2, -0.15) is 0 Å². The van der Waals surface area contributed by atoms with E-state index in [4.69, 9.17) is 4.74 Å². The van der Waals surface area contributed by atoms with E-state index in [-0.39, 0.29) is 5.41 Å². The monoisotopic (exact) mass is 333 g/mol. The molecule has 0 amide bonds. The summed E-state index contributed by atoms with van der Waals surface area (Å²) in [6.07, 6.45) is 6.60.